The molecule has 5 heteroatoms. The molecule has 1 atom stereocenters. The number of nitrogens with two attached hydrogens (primary N) is 1. The summed E-state index contributed by atoms with van der Waals surface area (Å²) in [6, 6.07) is 7.13. The van der Waals surface area contributed by atoms with Gasteiger partial charge in [0, 0.05) is 51.0 Å². The third-order valence-corrected chi connectivity index (χ3v) is 4.25. The van der Waals surface area contributed by atoms with Gasteiger partial charge in [0.15, 0.2) is 0 Å². The molecule has 0 amide bonds. The monoisotopic (exact) mass is 299 g/mol. The van der Waals surface area contributed by atoms with Crippen LogP contribution in [-0.4, -0.2) is 40.2 Å². The van der Waals surface area contributed by atoms with Gasteiger partial charge in [0.2, 0.25) is 0 Å². The Morgan fingerprint density at radius 2 is 2.14 bits per heavy atom. The van der Waals surface area contributed by atoms with E-state index in [0.29, 0.717) is 12.6 Å². The molecule has 0 spiro atoms. The summed E-state index contributed by atoms with van der Waals surface area (Å²) in [5.74, 6) is 0. The quantitative estimate of drug-likeness (QED) is 0.909. The van der Waals surface area contributed by atoms with Crippen molar-refractivity contribution in [3.63, 3.8) is 0 Å². The minimum atomic E-state index is 0.303. The molecular formula is C17H25N5. The van der Waals surface area contributed by atoms with Gasteiger partial charge in [-0.1, -0.05) is 18.2 Å². The molecule has 1 aromatic heterocycles. The lowest BCUT2D eigenvalue weighted by Crippen LogP contribution is -2.27. The van der Waals surface area contributed by atoms with Crippen LogP contribution in [0.5, 0.6) is 0 Å². The minimum absolute atomic E-state index is 0.303. The van der Waals surface area contributed by atoms with Gasteiger partial charge in [0.05, 0.1) is 6.20 Å². The summed E-state index contributed by atoms with van der Waals surface area (Å²) in [5, 5.41) is 4.26. The van der Waals surface area contributed by atoms with E-state index in [1.165, 1.54) is 22.3 Å². The van der Waals surface area contributed by atoms with Crippen molar-refractivity contribution in [2.45, 2.75) is 25.7 Å². The van der Waals surface area contributed by atoms with E-state index in [4.69, 9.17) is 5.73 Å². The van der Waals surface area contributed by atoms with Gasteiger partial charge in [-0.3, -0.25) is 9.58 Å². The molecule has 2 aromatic rings. The van der Waals surface area contributed by atoms with Gasteiger partial charge < -0.3 is 10.6 Å². The molecule has 2 N–H and O–H groups in total. The summed E-state index contributed by atoms with van der Waals surface area (Å²) in [5.41, 5.74) is 11.5. The maximum atomic E-state index is 6.08. The Morgan fingerprint density at radius 3 is 2.77 bits per heavy atom. The van der Waals surface area contributed by atoms with Crippen LogP contribution >= 0.6 is 0 Å². The molecule has 0 bridgehead atoms. The van der Waals surface area contributed by atoms with Crippen LogP contribution < -0.4 is 5.73 Å². The Kier molecular flexibility index (Phi) is 4.29. The fourth-order valence-electron chi connectivity index (χ4n) is 3.32. The topological polar surface area (TPSA) is 50.3 Å². The highest BCUT2D eigenvalue weighted by Crippen LogP contribution is 2.34. The van der Waals surface area contributed by atoms with E-state index >= 15 is 0 Å². The first-order valence-electron chi connectivity index (χ1n) is 7.75. The molecule has 0 saturated carbocycles. The summed E-state index contributed by atoms with van der Waals surface area (Å²) in [6.07, 6.45) is 4.02. The van der Waals surface area contributed by atoms with Crippen molar-refractivity contribution >= 4 is 0 Å². The van der Waals surface area contributed by atoms with Crippen molar-refractivity contribution in [3.05, 3.63) is 52.8 Å². The van der Waals surface area contributed by atoms with E-state index < -0.39 is 0 Å². The molecule has 3 rings (SSSR count). The summed E-state index contributed by atoms with van der Waals surface area (Å²) in [6.45, 7) is 3.48. The zero-order valence-corrected chi connectivity index (χ0v) is 13.7. The largest absolute Gasteiger partial charge is 0.329 e. The summed E-state index contributed by atoms with van der Waals surface area (Å²) >= 11 is 0. The van der Waals surface area contributed by atoms with Crippen molar-refractivity contribution in [2.24, 2.45) is 12.8 Å². The molecule has 1 unspecified atom stereocenters. The van der Waals surface area contributed by atoms with Gasteiger partial charge in [0.1, 0.15) is 0 Å². The molecule has 0 saturated heterocycles. The molecule has 0 aliphatic carbocycles. The molecule has 0 radical (unpaired) electrons. The van der Waals surface area contributed by atoms with Gasteiger partial charge in [-0.05, 0) is 30.8 Å². The number of aryl methyl sites for hydroxylation is 1. The number of rotatable bonds is 5. The van der Waals surface area contributed by atoms with Crippen molar-refractivity contribution in [1.82, 2.24) is 19.6 Å². The highest BCUT2D eigenvalue weighted by atomic mass is 15.2. The van der Waals surface area contributed by atoms with E-state index in [1.807, 2.05) is 17.9 Å². The number of hydrogen-bond donors (Lipinski definition) is 1. The maximum absolute atomic E-state index is 6.08. The maximum Gasteiger partial charge on any atom is 0.0534 e. The van der Waals surface area contributed by atoms with Crippen LogP contribution in [0.25, 0.3) is 0 Å². The summed E-state index contributed by atoms with van der Waals surface area (Å²) in [4.78, 5) is 4.64. The second-order valence-electron chi connectivity index (χ2n) is 6.45. The first-order chi connectivity index (χ1) is 10.6. The van der Waals surface area contributed by atoms with Gasteiger partial charge in [-0.15, -0.1) is 0 Å². The van der Waals surface area contributed by atoms with E-state index in [-0.39, 0.29) is 0 Å². The molecule has 22 heavy (non-hydrogen) atoms. The second kappa shape index (κ2) is 6.20. The summed E-state index contributed by atoms with van der Waals surface area (Å²) < 4.78 is 1.85. The van der Waals surface area contributed by atoms with Gasteiger partial charge in [-0.2, -0.15) is 5.10 Å². The molecule has 0 fully saturated rings. The average molecular weight is 299 g/mol. The normalized spacial score (nSPS) is 18.1. The van der Waals surface area contributed by atoms with Crippen molar-refractivity contribution < 1.29 is 0 Å². The lowest BCUT2D eigenvalue weighted by atomic mass is 10.0. The molecular weight excluding hydrogens is 274 g/mol. The van der Waals surface area contributed by atoms with Crippen LogP contribution in [0.4, 0.5) is 0 Å². The third kappa shape index (κ3) is 3.06. The Bertz CT molecular complexity index is 646. The number of nitrogens with zero attached hydrogens (tertiary/aromatic N) is 4. The van der Waals surface area contributed by atoms with E-state index in [9.17, 15) is 0 Å². The molecule has 118 valence electrons. The molecule has 1 aliphatic heterocycles. The first-order valence-corrected chi connectivity index (χ1v) is 7.75. The van der Waals surface area contributed by atoms with E-state index in [2.05, 4.69) is 53.4 Å². The van der Waals surface area contributed by atoms with Gasteiger partial charge >= 0.3 is 0 Å². The number of aromatic nitrogens is 2. The van der Waals surface area contributed by atoms with Crippen LogP contribution in [0.3, 0.4) is 0 Å². The smallest absolute Gasteiger partial charge is 0.0534 e. The lowest BCUT2D eigenvalue weighted by Gasteiger charge is -2.23. The Balaban J connectivity index is 1.81. The lowest BCUT2D eigenvalue weighted by molar-refractivity contribution is 0.211. The van der Waals surface area contributed by atoms with Crippen molar-refractivity contribution in [2.75, 3.05) is 20.6 Å². The fourth-order valence-corrected chi connectivity index (χ4v) is 3.32. The van der Waals surface area contributed by atoms with E-state index in [1.54, 1.807) is 0 Å². The number of hydrogen-bond acceptors (Lipinski definition) is 4. The Labute approximate surface area is 132 Å². The number of fused-ring (bicyclic) bond motifs is 1. The van der Waals surface area contributed by atoms with Crippen molar-refractivity contribution in [1.29, 1.82) is 0 Å². The van der Waals surface area contributed by atoms with Gasteiger partial charge in [0.25, 0.3) is 0 Å². The first kappa shape index (κ1) is 15.2. The van der Waals surface area contributed by atoms with Gasteiger partial charge in [-0.25, -0.2) is 0 Å². The van der Waals surface area contributed by atoms with E-state index in [0.717, 1.165) is 19.6 Å². The highest BCUT2D eigenvalue weighted by molar-refractivity contribution is 5.38. The summed E-state index contributed by atoms with van der Waals surface area (Å²) in [7, 11) is 6.15. The molecule has 2 heterocycles. The van der Waals surface area contributed by atoms with Crippen LogP contribution in [-0.2, 0) is 26.7 Å². The van der Waals surface area contributed by atoms with Crippen LogP contribution in [0.15, 0.2) is 30.6 Å². The van der Waals surface area contributed by atoms with Crippen LogP contribution in [0.1, 0.15) is 28.3 Å². The SMILES string of the molecule is CN(C)Cc1ccc2c(c1)C(CN)N(Cc1cnn(C)c1)C2. The Hall–Kier alpha value is -1.69. The zero-order valence-electron chi connectivity index (χ0n) is 13.7. The fraction of sp³-hybridized carbons (Fsp3) is 0.471. The van der Waals surface area contributed by atoms with Crippen LogP contribution in [0.2, 0.25) is 0 Å². The van der Waals surface area contributed by atoms with Crippen LogP contribution in [0, 0.1) is 0 Å². The van der Waals surface area contributed by atoms with Crippen molar-refractivity contribution in [3.8, 4) is 0 Å². The Morgan fingerprint density at radius 1 is 1.32 bits per heavy atom. The zero-order chi connectivity index (χ0) is 15.7. The second-order valence-corrected chi connectivity index (χ2v) is 6.45. The molecule has 1 aromatic carbocycles. The predicted octanol–water partition coefficient (Wildman–Crippen LogP) is 1.50. The highest BCUT2D eigenvalue weighted by Gasteiger charge is 2.29. The third-order valence-electron chi connectivity index (χ3n) is 4.25. The minimum Gasteiger partial charge on any atom is -0.329 e. The number of benzene rings is 1. The average Bonchev–Trinajstić information content (AvgIpc) is 3.01. The molecule has 1 aliphatic rings. The predicted molar refractivity (Wildman–Crippen MR) is 88.1 cm³/mol. The molecule has 5 nitrogen and oxygen atoms in total. The standard InChI is InChI=1S/C17H25N5/c1-20(2)9-13-4-5-15-12-22(17(7-18)16(15)6-13)11-14-8-19-21(3)10-14/h4-6,8,10,17H,7,9,11-12,18H2,1-3H3.